The van der Waals surface area contributed by atoms with Crippen LogP contribution in [0.3, 0.4) is 0 Å². The van der Waals surface area contributed by atoms with Gasteiger partial charge in [-0.3, -0.25) is 0 Å². The molecule has 4 heteroatoms. The van der Waals surface area contributed by atoms with Crippen molar-refractivity contribution in [3.8, 4) is 11.1 Å². The maximum atomic E-state index is 14.9. The number of hydrogen-bond donors (Lipinski definition) is 0. The molecule has 0 N–H and O–H groups in total. The lowest BCUT2D eigenvalue weighted by Crippen LogP contribution is -1.94. The number of aryl methyl sites for hydroxylation is 1. The molecule has 0 aliphatic rings. The molecule has 0 radical (unpaired) electrons. The minimum atomic E-state index is -0.960. The second-order valence-electron chi connectivity index (χ2n) is 6.98. The van der Waals surface area contributed by atoms with Gasteiger partial charge in [-0.1, -0.05) is 43.7 Å². The van der Waals surface area contributed by atoms with E-state index >= 15 is 0 Å². The fraction of sp³-hybridized carbons (Fsp3) is 0.167. The molecule has 28 heavy (non-hydrogen) atoms. The Morgan fingerprint density at radius 3 is 2.04 bits per heavy atom. The van der Waals surface area contributed by atoms with Crippen molar-refractivity contribution in [1.82, 2.24) is 0 Å². The van der Waals surface area contributed by atoms with Crippen LogP contribution in [0.15, 0.2) is 54.6 Å². The number of unbranched alkanes of at least 4 members (excludes halogenated alkanes) is 1. The molecule has 0 unspecified atom stereocenters. The van der Waals surface area contributed by atoms with E-state index in [1.165, 1.54) is 12.1 Å². The van der Waals surface area contributed by atoms with Crippen molar-refractivity contribution in [3.63, 3.8) is 0 Å². The average Bonchev–Trinajstić information content (AvgIpc) is 2.70. The second kappa shape index (κ2) is 7.27. The van der Waals surface area contributed by atoms with Gasteiger partial charge in [-0.2, -0.15) is 0 Å². The summed E-state index contributed by atoms with van der Waals surface area (Å²) in [5.74, 6) is -2.82. The Kier molecular flexibility index (Phi) is 4.80. The van der Waals surface area contributed by atoms with Crippen molar-refractivity contribution in [1.29, 1.82) is 0 Å². The SMILES string of the molecule is CCCCc1ccc2c(cc(F)c3cc(-c4ccc(F)c(F)c4)ccc32)c1F. The molecule has 4 aromatic carbocycles. The van der Waals surface area contributed by atoms with Crippen molar-refractivity contribution in [2.24, 2.45) is 0 Å². The third kappa shape index (κ3) is 3.13. The molecule has 0 fully saturated rings. The Balaban J connectivity index is 1.89. The standard InChI is InChI=1S/C24H18F4/c1-2-3-4-14-5-8-18-17-9-6-15(16-7-10-21(25)23(27)12-16)11-19(17)22(26)13-20(18)24(14)28/h5-13H,2-4H2,1H3. The number of benzene rings is 4. The molecule has 0 spiro atoms. The lowest BCUT2D eigenvalue weighted by atomic mass is 9.95. The van der Waals surface area contributed by atoms with Gasteiger partial charge in [0.2, 0.25) is 0 Å². The van der Waals surface area contributed by atoms with Crippen LogP contribution >= 0.6 is 0 Å². The summed E-state index contributed by atoms with van der Waals surface area (Å²) in [5.41, 5.74) is 1.59. The molecule has 142 valence electrons. The molecule has 0 heterocycles. The zero-order valence-electron chi connectivity index (χ0n) is 15.3. The van der Waals surface area contributed by atoms with Gasteiger partial charge < -0.3 is 0 Å². The molecule has 0 aromatic heterocycles. The number of rotatable bonds is 4. The third-order valence-electron chi connectivity index (χ3n) is 5.15. The van der Waals surface area contributed by atoms with Crippen LogP contribution in [0.25, 0.3) is 32.7 Å². The van der Waals surface area contributed by atoms with Gasteiger partial charge in [0.25, 0.3) is 0 Å². The molecule has 4 aromatic rings. The normalized spacial score (nSPS) is 11.5. The summed E-state index contributed by atoms with van der Waals surface area (Å²) in [4.78, 5) is 0. The third-order valence-corrected chi connectivity index (χ3v) is 5.15. The zero-order valence-corrected chi connectivity index (χ0v) is 15.3. The van der Waals surface area contributed by atoms with E-state index in [0.717, 1.165) is 25.0 Å². The van der Waals surface area contributed by atoms with Crippen LogP contribution in [0.4, 0.5) is 17.6 Å². The monoisotopic (exact) mass is 382 g/mol. The van der Waals surface area contributed by atoms with Crippen molar-refractivity contribution >= 4 is 21.5 Å². The van der Waals surface area contributed by atoms with Crippen LogP contribution in [0.1, 0.15) is 25.3 Å². The maximum absolute atomic E-state index is 14.9. The average molecular weight is 382 g/mol. The predicted octanol–water partition coefficient (Wildman–Crippen LogP) is 7.56. The van der Waals surface area contributed by atoms with E-state index in [2.05, 4.69) is 0 Å². The molecule has 0 nitrogen and oxygen atoms in total. The lowest BCUT2D eigenvalue weighted by Gasteiger charge is -2.11. The minimum Gasteiger partial charge on any atom is -0.206 e. The van der Waals surface area contributed by atoms with Gasteiger partial charge in [-0.05, 0) is 64.6 Å². The van der Waals surface area contributed by atoms with Crippen LogP contribution in [0, 0.1) is 23.3 Å². The van der Waals surface area contributed by atoms with Gasteiger partial charge in [0.1, 0.15) is 11.6 Å². The highest BCUT2D eigenvalue weighted by atomic mass is 19.2. The molecule has 0 aliphatic heterocycles. The van der Waals surface area contributed by atoms with Crippen LogP contribution in [-0.4, -0.2) is 0 Å². The van der Waals surface area contributed by atoms with Gasteiger partial charge in [-0.15, -0.1) is 0 Å². The first-order chi connectivity index (χ1) is 13.5. The molecule has 0 saturated heterocycles. The quantitative estimate of drug-likeness (QED) is 0.252. The van der Waals surface area contributed by atoms with E-state index in [-0.39, 0.29) is 11.2 Å². The lowest BCUT2D eigenvalue weighted by molar-refractivity contribution is 0.509. The summed E-state index contributed by atoms with van der Waals surface area (Å²) in [5, 5.41) is 1.79. The summed E-state index contributed by atoms with van der Waals surface area (Å²) < 4.78 is 56.4. The van der Waals surface area contributed by atoms with E-state index in [0.29, 0.717) is 39.3 Å². The van der Waals surface area contributed by atoms with Crippen molar-refractivity contribution in [2.75, 3.05) is 0 Å². The Morgan fingerprint density at radius 2 is 1.29 bits per heavy atom. The maximum Gasteiger partial charge on any atom is 0.159 e. The first-order valence-corrected chi connectivity index (χ1v) is 9.28. The summed E-state index contributed by atoms with van der Waals surface area (Å²) in [7, 11) is 0. The van der Waals surface area contributed by atoms with Gasteiger partial charge >= 0.3 is 0 Å². The van der Waals surface area contributed by atoms with E-state index in [1.807, 2.05) is 13.0 Å². The highest BCUT2D eigenvalue weighted by molar-refractivity contribution is 6.09. The smallest absolute Gasteiger partial charge is 0.159 e. The largest absolute Gasteiger partial charge is 0.206 e. The number of halogens is 4. The van der Waals surface area contributed by atoms with E-state index in [4.69, 9.17) is 0 Å². The van der Waals surface area contributed by atoms with Crippen LogP contribution in [-0.2, 0) is 6.42 Å². The van der Waals surface area contributed by atoms with Crippen LogP contribution in [0.5, 0.6) is 0 Å². The van der Waals surface area contributed by atoms with Gasteiger partial charge in [0, 0.05) is 10.8 Å². The van der Waals surface area contributed by atoms with Gasteiger partial charge in [-0.25, -0.2) is 17.6 Å². The molecule has 0 amide bonds. The van der Waals surface area contributed by atoms with Gasteiger partial charge in [0.15, 0.2) is 11.6 Å². The molecule has 0 bridgehead atoms. The predicted molar refractivity (Wildman–Crippen MR) is 105 cm³/mol. The minimum absolute atomic E-state index is 0.263. The summed E-state index contributed by atoms with van der Waals surface area (Å²) in [6, 6.07) is 13.3. The Bertz CT molecular complexity index is 1190. The molecule has 4 rings (SSSR count). The first kappa shape index (κ1) is 18.5. The fourth-order valence-electron chi connectivity index (χ4n) is 3.61. The Morgan fingerprint density at radius 1 is 0.607 bits per heavy atom. The van der Waals surface area contributed by atoms with Crippen molar-refractivity contribution in [3.05, 3.63) is 83.4 Å². The number of hydrogen-bond acceptors (Lipinski definition) is 0. The fourth-order valence-corrected chi connectivity index (χ4v) is 3.61. The second-order valence-corrected chi connectivity index (χ2v) is 6.98. The topological polar surface area (TPSA) is 0 Å². The van der Waals surface area contributed by atoms with Crippen molar-refractivity contribution in [2.45, 2.75) is 26.2 Å². The summed E-state index contributed by atoms with van der Waals surface area (Å²) in [6.07, 6.45) is 2.44. The molecular formula is C24H18F4. The highest BCUT2D eigenvalue weighted by Gasteiger charge is 2.14. The molecule has 0 aliphatic carbocycles. The Hall–Kier alpha value is -2.88. The Labute approximate surface area is 160 Å². The zero-order chi connectivity index (χ0) is 19.8. The van der Waals surface area contributed by atoms with E-state index in [1.54, 1.807) is 24.3 Å². The summed E-state index contributed by atoms with van der Waals surface area (Å²) >= 11 is 0. The van der Waals surface area contributed by atoms with Crippen LogP contribution < -0.4 is 0 Å². The molecule has 0 saturated carbocycles. The van der Waals surface area contributed by atoms with E-state index in [9.17, 15) is 17.6 Å². The van der Waals surface area contributed by atoms with Gasteiger partial charge in [0.05, 0.1) is 0 Å². The van der Waals surface area contributed by atoms with Crippen LogP contribution in [0.2, 0.25) is 0 Å². The molecule has 0 atom stereocenters. The first-order valence-electron chi connectivity index (χ1n) is 9.28. The van der Waals surface area contributed by atoms with Crippen molar-refractivity contribution < 1.29 is 17.6 Å². The number of fused-ring (bicyclic) bond motifs is 3. The summed E-state index contributed by atoms with van der Waals surface area (Å²) in [6.45, 7) is 2.04. The van der Waals surface area contributed by atoms with E-state index < -0.39 is 17.5 Å². The molecular weight excluding hydrogens is 364 g/mol. The highest BCUT2D eigenvalue weighted by Crippen LogP contribution is 2.34.